The van der Waals surface area contributed by atoms with Crippen LogP contribution in [0.25, 0.3) is 0 Å². The molecule has 1 aromatic rings. The quantitative estimate of drug-likeness (QED) is 0.894. The first-order valence-electron chi connectivity index (χ1n) is 6.64. The molecular weight excluding hydrogens is 266 g/mol. The second-order valence-electron chi connectivity index (χ2n) is 5.21. The molecule has 6 nitrogen and oxygen atoms in total. The van der Waals surface area contributed by atoms with E-state index in [1.165, 1.54) is 16.6 Å². The van der Waals surface area contributed by atoms with Crippen molar-refractivity contribution in [3.63, 3.8) is 0 Å². The number of nitrogens with zero attached hydrogens (tertiary/aromatic N) is 2. The lowest BCUT2D eigenvalue weighted by Gasteiger charge is -2.27. The minimum absolute atomic E-state index is 0.111. The molecule has 3 rings (SSSR count). The third-order valence-corrected chi connectivity index (χ3v) is 5.98. The summed E-state index contributed by atoms with van der Waals surface area (Å²) in [6, 6.07) is 1.30. The molecule has 19 heavy (non-hydrogen) atoms. The number of rotatable bonds is 3. The fourth-order valence-corrected chi connectivity index (χ4v) is 4.86. The Bertz CT molecular complexity index is 567. The van der Waals surface area contributed by atoms with Gasteiger partial charge in [-0.3, -0.25) is 9.89 Å². The van der Waals surface area contributed by atoms with E-state index in [2.05, 4.69) is 10.2 Å². The molecule has 1 saturated carbocycles. The van der Waals surface area contributed by atoms with Gasteiger partial charge in [0.1, 0.15) is 5.78 Å². The number of H-pyrrole nitrogens is 1. The second kappa shape index (κ2) is 4.72. The first kappa shape index (κ1) is 12.8. The summed E-state index contributed by atoms with van der Waals surface area (Å²) in [6.45, 7) is 0.496. The molecular formula is C12H17N3O3S. The molecule has 1 aliphatic heterocycles. The average molecular weight is 283 g/mol. The number of carbonyl (C=O) groups is 1. The summed E-state index contributed by atoms with van der Waals surface area (Å²) in [5.41, 5.74) is 0. The summed E-state index contributed by atoms with van der Waals surface area (Å²) in [4.78, 5) is 11.9. The minimum Gasteiger partial charge on any atom is -0.299 e. The number of ketones is 1. The minimum atomic E-state index is -3.54. The lowest BCUT2D eigenvalue weighted by Crippen LogP contribution is -2.41. The molecule has 2 aliphatic rings. The maximum Gasteiger partial charge on any atom is 0.260 e. The molecule has 1 N–H and O–H groups in total. The third-order valence-electron chi connectivity index (χ3n) is 4.13. The molecule has 0 bridgehead atoms. The Morgan fingerprint density at radius 2 is 2.16 bits per heavy atom. The van der Waals surface area contributed by atoms with Crippen molar-refractivity contribution in [1.82, 2.24) is 14.5 Å². The highest BCUT2D eigenvalue weighted by molar-refractivity contribution is 7.89. The van der Waals surface area contributed by atoms with E-state index in [1.807, 2.05) is 0 Å². The molecule has 1 saturated heterocycles. The van der Waals surface area contributed by atoms with Gasteiger partial charge in [-0.1, -0.05) is 0 Å². The SMILES string of the molecule is O=C1CCCC1C1CCCN1S(=O)(=O)c1ccn[nH]1. The van der Waals surface area contributed by atoms with Crippen LogP contribution < -0.4 is 0 Å². The molecule has 0 radical (unpaired) electrons. The number of aromatic amines is 1. The maximum atomic E-state index is 12.5. The van der Waals surface area contributed by atoms with Gasteiger partial charge in [-0.25, -0.2) is 8.42 Å². The number of nitrogens with one attached hydrogen (secondary N) is 1. The fraction of sp³-hybridized carbons (Fsp3) is 0.667. The van der Waals surface area contributed by atoms with E-state index >= 15 is 0 Å². The van der Waals surface area contributed by atoms with E-state index in [9.17, 15) is 13.2 Å². The lowest BCUT2D eigenvalue weighted by molar-refractivity contribution is -0.121. The predicted molar refractivity (Wildman–Crippen MR) is 67.8 cm³/mol. The number of carbonyl (C=O) groups excluding carboxylic acids is 1. The Balaban J connectivity index is 1.89. The summed E-state index contributed by atoms with van der Waals surface area (Å²) in [7, 11) is -3.54. The van der Waals surface area contributed by atoms with Crippen molar-refractivity contribution in [2.24, 2.45) is 5.92 Å². The molecule has 2 heterocycles. The molecule has 0 spiro atoms. The number of aromatic nitrogens is 2. The fourth-order valence-electron chi connectivity index (χ4n) is 3.23. The molecule has 104 valence electrons. The van der Waals surface area contributed by atoms with E-state index in [4.69, 9.17) is 0 Å². The van der Waals surface area contributed by atoms with Gasteiger partial charge in [0.2, 0.25) is 0 Å². The van der Waals surface area contributed by atoms with Crippen LogP contribution in [0.15, 0.2) is 17.3 Å². The summed E-state index contributed by atoms with van der Waals surface area (Å²) in [6.07, 6.45) is 5.33. The van der Waals surface area contributed by atoms with E-state index in [0.717, 1.165) is 25.7 Å². The van der Waals surface area contributed by atoms with E-state index in [0.29, 0.717) is 13.0 Å². The van der Waals surface area contributed by atoms with Crippen LogP contribution in [-0.4, -0.2) is 41.3 Å². The largest absolute Gasteiger partial charge is 0.299 e. The van der Waals surface area contributed by atoms with Crippen LogP contribution in [-0.2, 0) is 14.8 Å². The van der Waals surface area contributed by atoms with Gasteiger partial charge in [-0.05, 0) is 31.7 Å². The maximum absolute atomic E-state index is 12.5. The zero-order valence-electron chi connectivity index (χ0n) is 10.6. The van der Waals surface area contributed by atoms with Crippen LogP contribution in [0.4, 0.5) is 0 Å². The molecule has 1 aromatic heterocycles. The van der Waals surface area contributed by atoms with Crippen LogP contribution in [0.2, 0.25) is 0 Å². The van der Waals surface area contributed by atoms with Crippen molar-refractivity contribution in [3.05, 3.63) is 12.3 Å². The highest BCUT2D eigenvalue weighted by atomic mass is 32.2. The van der Waals surface area contributed by atoms with Crippen LogP contribution in [0, 0.1) is 5.92 Å². The molecule has 1 aliphatic carbocycles. The summed E-state index contributed by atoms with van der Waals surface area (Å²) in [5.74, 6) is 0.108. The molecule has 0 amide bonds. The number of hydrogen-bond acceptors (Lipinski definition) is 4. The molecule has 2 atom stereocenters. The van der Waals surface area contributed by atoms with Gasteiger partial charge in [0.05, 0.1) is 6.20 Å². The first-order valence-corrected chi connectivity index (χ1v) is 8.08. The monoisotopic (exact) mass is 283 g/mol. The van der Waals surface area contributed by atoms with Crippen LogP contribution in [0.3, 0.4) is 0 Å². The van der Waals surface area contributed by atoms with Crippen molar-refractivity contribution in [3.8, 4) is 0 Å². The van der Waals surface area contributed by atoms with Gasteiger partial charge >= 0.3 is 0 Å². The van der Waals surface area contributed by atoms with Gasteiger partial charge in [0.25, 0.3) is 10.0 Å². The van der Waals surface area contributed by atoms with Crippen molar-refractivity contribution < 1.29 is 13.2 Å². The van der Waals surface area contributed by atoms with Gasteiger partial charge in [0, 0.05) is 24.9 Å². The standard InChI is InChI=1S/C12H17N3O3S/c16-11-5-1-3-9(11)10-4-2-8-15(10)19(17,18)12-6-7-13-14-12/h6-7,9-10H,1-5,8H2,(H,13,14). The Hall–Kier alpha value is -1.21. The van der Waals surface area contributed by atoms with E-state index in [-0.39, 0.29) is 22.8 Å². The molecule has 2 fully saturated rings. The van der Waals surface area contributed by atoms with Crippen LogP contribution >= 0.6 is 0 Å². The Labute approximate surface area is 112 Å². The highest BCUT2D eigenvalue weighted by Crippen LogP contribution is 2.35. The van der Waals surface area contributed by atoms with Gasteiger partial charge in [-0.15, -0.1) is 0 Å². The van der Waals surface area contributed by atoms with Crippen LogP contribution in [0.5, 0.6) is 0 Å². The van der Waals surface area contributed by atoms with Gasteiger partial charge < -0.3 is 0 Å². The van der Waals surface area contributed by atoms with E-state index < -0.39 is 10.0 Å². The topological polar surface area (TPSA) is 83.1 Å². The number of Topliss-reactive ketones (excluding diaryl/α,β-unsaturated/α-hetero) is 1. The Kier molecular flexibility index (Phi) is 3.18. The molecule has 7 heteroatoms. The van der Waals surface area contributed by atoms with Gasteiger partial charge in [-0.2, -0.15) is 9.40 Å². The number of hydrogen-bond donors (Lipinski definition) is 1. The van der Waals surface area contributed by atoms with E-state index in [1.54, 1.807) is 0 Å². The first-order chi connectivity index (χ1) is 9.10. The highest BCUT2D eigenvalue weighted by Gasteiger charge is 2.43. The van der Waals surface area contributed by atoms with Crippen molar-refractivity contribution in [2.75, 3.05) is 6.54 Å². The normalized spacial score (nSPS) is 29.2. The smallest absolute Gasteiger partial charge is 0.260 e. The Morgan fingerprint density at radius 1 is 1.32 bits per heavy atom. The predicted octanol–water partition coefficient (Wildman–Crippen LogP) is 0.932. The summed E-state index contributed by atoms with van der Waals surface area (Å²) < 4.78 is 26.5. The molecule has 0 aromatic carbocycles. The van der Waals surface area contributed by atoms with Crippen molar-refractivity contribution >= 4 is 15.8 Å². The zero-order chi connectivity index (χ0) is 13.5. The van der Waals surface area contributed by atoms with Gasteiger partial charge in [0.15, 0.2) is 5.03 Å². The average Bonchev–Trinajstić information content (AvgIpc) is 3.10. The van der Waals surface area contributed by atoms with Crippen molar-refractivity contribution in [2.45, 2.75) is 43.2 Å². The zero-order valence-corrected chi connectivity index (χ0v) is 11.4. The van der Waals surface area contributed by atoms with Crippen LogP contribution in [0.1, 0.15) is 32.1 Å². The lowest BCUT2D eigenvalue weighted by atomic mass is 9.96. The number of sulfonamides is 1. The third kappa shape index (κ3) is 2.10. The molecule has 2 unspecified atom stereocenters. The van der Waals surface area contributed by atoms with Crippen molar-refractivity contribution in [1.29, 1.82) is 0 Å². The second-order valence-corrected chi connectivity index (χ2v) is 7.07. The summed E-state index contributed by atoms with van der Waals surface area (Å²) >= 11 is 0. The summed E-state index contributed by atoms with van der Waals surface area (Å²) in [5, 5.41) is 6.33. The Morgan fingerprint density at radius 3 is 2.79 bits per heavy atom.